The van der Waals surface area contributed by atoms with Crippen LogP contribution < -0.4 is 0 Å². The van der Waals surface area contributed by atoms with Crippen molar-refractivity contribution in [2.24, 2.45) is 5.92 Å². The maximum absolute atomic E-state index is 5.50. The van der Waals surface area contributed by atoms with Crippen LogP contribution in [0.25, 0.3) is 0 Å². The first-order chi connectivity index (χ1) is 6.63. The third kappa shape index (κ3) is 3.15. The molecule has 0 amide bonds. The zero-order valence-electron chi connectivity index (χ0n) is 9.58. The fourth-order valence-corrected chi connectivity index (χ4v) is 1.67. The Morgan fingerprint density at radius 1 is 1.29 bits per heavy atom. The number of hydrogen-bond donors (Lipinski definition) is 0. The minimum absolute atomic E-state index is 0.245. The summed E-state index contributed by atoms with van der Waals surface area (Å²) in [5, 5.41) is 0. The highest BCUT2D eigenvalue weighted by Crippen LogP contribution is 2.24. The second-order valence-corrected chi connectivity index (χ2v) is 4.27. The molecular formula is C13H20O. The van der Waals surface area contributed by atoms with Crippen molar-refractivity contribution in [2.45, 2.75) is 33.3 Å². The Balaban J connectivity index is 2.78. The van der Waals surface area contributed by atoms with Crippen LogP contribution in [0.2, 0.25) is 0 Å². The average molecular weight is 192 g/mol. The van der Waals surface area contributed by atoms with Gasteiger partial charge in [-0.05, 0) is 24.8 Å². The van der Waals surface area contributed by atoms with Crippen LogP contribution in [0.3, 0.4) is 0 Å². The van der Waals surface area contributed by atoms with Gasteiger partial charge in [-0.15, -0.1) is 0 Å². The number of rotatable bonds is 4. The third-order valence-corrected chi connectivity index (χ3v) is 2.38. The van der Waals surface area contributed by atoms with Crippen molar-refractivity contribution in [3.05, 3.63) is 35.4 Å². The van der Waals surface area contributed by atoms with E-state index in [1.807, 2.05) is 0 Å². The van der Waals surface area contributed by atoms with E-state index in [4.69, 9.17) is 4.74 Å². The molecule has 0 N–H and O–H groups in total. The highest BCUT2D eigenvalue weighted by atomic mass is 16.5. The molecule has 0 fully saturated rings. The van der Waals surface area contributed by atoms with Crippen LogP contribution in [-0.4, -0.2) is 7.11 Å². The fraction of sp³-hybridized carbons (Fsp3) is 0.538. The van der Waals surface area contributed by atoms with Gasteiger partial charge in [0.25, 0.3) is 0 Å². The lowest BCUT2D eigenvalue weighted by Crippen LogP contribution is -2.05. The fourth-order valence-electron chi connectivity index (χ4n) is 1.67. The molecule has 0 aliphatic rings. The summed E-state index contributed by atoms with van der Waals surface area (Å²) in [4.78, 5) is 0. The zero-order valence-corrected chi connectivity index (χ0v) is 9.58. The highest BCUT2D eigenvalue weighted by molar-refractivity contribution is 5.24. The van der Waals surface area contributed by atoms with Crippen LogP contribution in [0.5, 0.6) is 0 Å². The number of hydrogen-bond acceptors (Lipinski definition) is 1. The first-order valence-corrected chi connectivity index (χ1v) is 5.23. The molecule has 0 spiro atoms. The van der Waals surface area contributed by atoms with Gasteiger partial charge in [-0.1, -0.05) is 43.7 Å². The quantitative estimate of drug-likeness (QED) is 0.706. The van der Waals surface area contributed by atoms with Gasteiger partial charge in [-0.2, -0.15) is 0 Å². The lowest BCUT2D eigenvalue weighted by Gasteiger charge is -2.18. The second-order valence-electron chi connectivity index (χ2n) is 4.27. The normalized spacial score (nSPS) is 13.2. The molecule has 1 nitrogen and oxygen atoms in total. The van der Waals surface area contributed by atoms with Gasteiger partial charge in [-0.25, -0.2) is 0 Å². The van der Waals surface area contributed by atoms with Crippen LogP contribution >= 0.6 is 0 Å². The number of benzene rings is 1. The predicted octanol–water partition coefficient (Wildman–Crippen LogP) is 3.73. The molecule has 1 atom stereocenters. The van der Waals surface area contributed by atoms with E-state index in [1.165, 1.54) is 11.1 Å². The SMILES string of the molecule is COC(CC(C)C)c1cccc(C)c1. The molecule has 1 aromatic carbocycles. The predicted molar refractivity (Wildman–Crippen MR) is 60.4 cm³/mol. The largest absolute Gasteiger partial charge is 0.377 e. The summed E-state index contributed by atoms with van der Waals surface area (Å²) in [5.74, 6) is 0.667. The summed E-state index contributed by atoms with van der Waals surface area (Å²) in [5.41, 5.74) is 2.59. The molecule has 0 heterocycles. The summed E-state index contributed by atoms with van der Waals surface area (Å²) >= 11 is 0. The van der Waals surface area contributed by atoms with Crippen LogP contribution in [0.4, 0.5) is 0 Å². The van der Waals surface area contributed by atoms with E-state index in [1.54, 1.807) is 7.11 Å². The van der Waals surface area contributed by atoms with E-state index < -0.39 is 0 Å². The lowest BCUT2D eigenvalue weighted by atomic mass is 9.98. The van der Waals surface area contributed by atoms with Crippen molar-refractivity contribution in [1.82, 2.24) is 0 Å². The summed E-state index contributed by atoms with van der Waals surface area (Å²) in [6, 6.07) is 8.56. The van der Waals surface area contributed by atoms with Gasteiger partial charge in [0.2, 0.25) is 0 Å². The van der Waals surface area contributed by atoms with Gasteiger partial charge in [0, 0.05) is 7.11 Å². The van der Waals surface area contributed by atoms with Gasteiger partial charge in [-0.3, -0.25) is 0 Å². The third-order valence-electron chi connectivity index (χ3n) is 2.38. The second kappa shape index (κ2) is 5.16. The van der Waals surface area contributed by atoms with Gasteiger partial charge in [0.1, 0.15) is 0 Å². The van der Waals surface area contributed by atoms with Crippen molar-refractivity contribution in [2.75, 3.05) is 7.11 Å². The number of ether oxygens (including phenoxy) is 1. The highest BCUT2D eigenvalue weighted by Gasteiger charge is 2.11. The van der Waals surface area contributed by atoms with E-state index in [0.717, 1.165) is 6.42 Å². The van der Waals surface area contributed by atoms with E-state index in [2.05, 4.69) is 45.0 Å². The molecule has 0 aliphatic carbocycles. The van der Waals surface area contributed by atoms with Crippen LogP contribution in [0.15, 0.2) is 24.3 Å². The van der Waals surface area contributed by atoms with Crippen molar-refractivity contribution in [3.63, 3.8) is 0 Å². The van der Waals surface area contributed by atoms with Gasteiger partial charge >= 0.3 is 0 Å². The Morgan fingerprint density at radius 3 is 2.50 bits per heavy atom. The maximum Gasteiger partial charge on any atom is 0.0823 e. The van der Waals surface area contributed by atoms with Gasteiger partial charge in [0.15, 0.2) is 0 Å². The Labute approximate surface area is 87.1 Å². The Hall–Kier alpha value is -0.820. The minimum Gasteiger partial charge on any atom is -0.377 e. The van der Waals surface area contributed by atoms with E-state index in [0.29, 0.717) is 5.92 Å². The van der Waals surface area contributed by atoms with Crippen LogP contribution in [0, 0.1) is 12.8 Å². The molecule has 0 aliphatic heterocycles. The minimum atomic E-state index is 0.245. The van der Waals surface area contributed by atoms with Crippen molar-refractivity contribution in [3.8, 4) is 0 Å². The monoisotopic (exact) mass is 192 g/mol. The van der Waals surface area contributed by atoms with Crippen molar-refractivity contribution >= 4 is 0 Å². The first-order valence-electron chi connectivity index (χ1n) is 5.23. The summed E-state index contributed by atoms with van der Waals surface area (Å²) < 4.78 is 5.50. The van der Waals surface area contributed by atoms with E-state index in [9.17, 15) is 0 Å². The molecule has 1 rings (SSSR count). The standard InChI is InChI=1S/C13H20O/c1-10(2)8-13(14-4)12-7-5-6-11(3)9-12/h5-7,9-10,13H,8H2,1-4H3. The summed E-state index contributed by atoms with van der Waals surface area (Å²) in [6.45, 7) is 6.56. The molecule has 1 unspecified atom stereocenters. The Kier molecular flexibility index (Phi) is 4.15. The zero-order chi connectivity index (χ0) is 10.6. The average Bonchev–Trinajstić information content (AvgIpc) is 2.14. The topological polar surface area (TPSA) is 9.23 Å². The molecule has 0 saturated carbocycles. The maximum atomic E-state index is 5.50. The van der Waals surface area contributed by atoms with Gasteiger partial charge < -0.3 is 4.74 Å². The summed E-state index contributed by atoms with van der Waals surface area (Å²) in [7, 11) is 1.79. The van der Waals surface area contributed by atoms with Crippen molar-refractivity contribution in [1.29, 1.82) is 0 Å². The molecular weight excluding hydrogens is 172 g/mol. The number of methoxy groups -OCH3 is 1. The van der Waals surface area contributed by atoms with Crippen LogP contribution in [-0.2, 0) is 4.74 Å². The molecule has 0 saturated heterocycles. The lowest BCUT2D eigenvalue weighted by molar-refractivity contribution is 0.0845. The van der Waals surface area contributed by atoms with Gasteiger partial charge in [0.05, 0.1) is 6.10 Å². The molecule has 78 valence electrons. The Morgan fingerprint density at radius 2 is 2.00 bits per heavy atom. The number of aryl methyl sites for hydroxylation is 1. The molecule has 0 aromatic heterocycles. The van der Waals surface area contributed by atoms with E-state index in [-0.39, 0.29) is 6.10 Å². The molecule has 1 aromatic rings. The molecule has 0 radical (unpaired) electrons. The Bertz CT molecular complexity index is 278. The summed E-state index contributed by atoms with van der Waals surface area (Å²) in [6.07, 6.45) is 1.33. The van der Waals surface area contributed by atoms with Crippen molar-refractivity contribution < 1.29 is 4.74 Å². The molecule has 14 heavy (non-hydrogen) atoms. The van der Waals surface area contributed by atoms with E-state index >= 15 is 0 Å². The molecule has 1 heteroatoms. The molecule has 0 bridgehead atoms. The smallest absolute Gasteiger partial charge is 0.0823 e. The van der Waals surface area contributed by atoms with Crippen LogP contribution in [0.1, 0.15) is 37.5 Å². The first kappa shape index (κ1) is 11.3.